The largest absolute Gasteiger partial charge is 0.370 e. The molecule has 1 aromatic carbocycles. The fourth-order valence-electron chi connectivity index (χ4n) is 2.71. The summed E-state index contributed by atoms with van der Waals surface area (Å²) in [5, 5.41) is 0. The molecule has 2 nitrogen and oxygen atoms in total. The van der Waals surface area contributed by atoms with Crippen molar-refractivity contribution in [2.75, 3.05) is 32.1 Å². The van der Waals surface area contributed by atoms with Gasteiger partial charge in [0.1, 0.15) is 0 Å². The fraction of sp³-hybridized carbons (Fsp3) is 0.625. The number of benzene rings is 1. The molecule has 1 fully saturated rings. The normalized spacial score (nSPS) is 20.2. The highest BCUT2D eigenvalue weighted by molar-refractivity contribution is 5.56. The summed E-state index contributed by atoms with van der Waals surface area (Å²) in [6.07, 6.45) is 1.28. The maximum atomic E-state index is 2.55. The lowest BCUT2D eigenvalue weighted by Crippen LogP contribution is -2.31. The molecular formula is C16H26N2. The Hall–Kier alpha value is -1.02. The van der Waals surface area contributed by atoms with Gasteiger partial charge in [-0.25, -0.2) is 0 Å². The van der Waals surface area contributed by atoms with Crippen LogP contribution in [-0.2, 0) is 0 Å². The highest BCUT2D eigenvalue weighted by atomic mass is 15.2. The van der Waals surface area contributed by atoms with E-state index in [0.29, 0.717) is 12.0 Å². The van der Waals surface area contributed by atoms with Crippen LogP contribution in [0.3, 0.4) is 0 Å². The zero-order valence-electron chi connectivity index (χ0n) is 12.4. The first-order valence-electron chi connectivity index (χ1n) is 7.01. The number of likely N-dealkylation sites (N-methyl/N-ethyl adjacent to an activating group) is 1. The second kappa shape index (κ2) is 5.31. The summed E-state index contributed by atoms with van der Waals surface area (Å²) in [5.74, 6) is 0.608. The Kier molecular flexibility index (Phi) is 3.96. The van der Waals surface area contributed by atoms with E-state index in [-0.39, 0.29) is 0 Å². The van der Waals surface area contributed by atoms with Crippen molar-refractivity contribution in [1.82, 2.24) is 4.90 Å². The van der Waals surface area contributed by atoms with Crippen molar-refractivity contribution in [3.8, 4) is 0 Å². The molecule has 0 unspecified atom stereocenters. The van der Waals surface area contributed by atoms with E-state index in [1.807, 2.05) is 0 Å². The molecule has 18 heavy (non-hydrogen) atoms. The summed E-state index contributed by atoms with van der Waals surface area (Å²) >= 11 is 0. The van der Waals surface area contributed by atoms with Crippen LogP contribution >= 0.6 is 0 Å². The first-order valence-corrected chi connectivity index (χ1v) is 7.01. The summed E-state index contributed by atoms with van der Waals surface area (Å²) in [7, 11) is 4.37. The zero-order chi connectivity index (χ0) is 13.3. The van der Waals surface area contributed by atoms with Crippen molar-refractivity contribution in [3.63, 3.8) is 0 Å². The molecule has 0 amide bonds. The van der Waals surface area contributed by atoms with Crippen LogP contribution in [0.5, 0.6) is 0 Å². The van der Waals surface area contributed by atoms with E-state index in [4.69, 9.17) is 0 Å². The van der Waals surface area contributed by atoms with Gasteiger partial charge in [0.25, 0.3) is 0 Å². The highest BCUT2D eigenvalue weighted by Crippen LogP contribution is 2.29. The third-order valence-electron chi connectivity index (χ3n) is 4.13. The van der Waals surface area contributed by atoms with Gasteiger partial charge in [-0.15, -0.1) is 0 Å². The van der Waals surface area contributed by atoms with Crippen molar-refractivity contribution in [3.05, 3.63) is 29.3 Å². The standard InChI is InChI=1S/C16H26N2/c1-12(2)14-7-6-13(3)16(10-14)18-9-8-15(11-18)17(4)5/h6-7,10,12,15H,8-9,11H2,1-5H3/t15-/m1/s1. The van der Waals surface area contributed by atoms with Gasteiger partial charge in [-0.05, 0) is 50.6 Å². The van der Waals surface area contributed by atoms with Crippen molar-refractivity contribution < 1.29 is 0 Å². The van der Waals surface area contributed by atoms with Gasteiger partial charge in [-0.1, -0.05) is 26.0 Å². The molecule has 1 atom stereocenters. The molecule has 0 aromatic heterocycles. The van der Waals surface area contributed by atoms with Crippen LogP contribution in [0.4, 0.5) is 5.69 Å². The second-order valence-electron chi connectivity index (χ2n) is 6.05. The molecule has 0 spiro atoms. The van der Waals surface area contributed by atoms with Crippen LogP contribution in [0, 0.1) is 6.92 Å². The Bertz CT molecular complexity index is 410. The van der Waals surface area contributed by atoms with E-state index < -0.39 is 0 Å². The van der Waals surface area contributed by atoms with Crippen LogP contribution < -0.4 is 4.90 Å². The minimum atomic E-state index is 0.608. The molecule has 1 aliphatic rings. The molecule has 0 N–H and O–H groups in total. The van der Waals surface area contributed by atoms with E-state index in [1.165, 1.54) is 29.8 Å². The van der Waals surface area contributed by atoms with Gasteiger partial charge in [0.05, 0.1) is 0 Å². The lowest BCUT2D eigenvalue weighted by molar-refractivity contribution is 0.315. The van der Waals surface area contributed by atoms with Gasteiger partial charge < -0.3 is 9.80 Å². The van der Waals surface area contributed by atoms with Gasteiger partial charge in [0, 0.05) is 24.8 Å². The zero-order valence-corrected chi connectivity index (χ0v) is 12.4. The third kappa shape index (κ3) is 2.69. The van der Waals surface area contributed by atoms with Gasteiger partial charge in [-0.3, -0.25) is 0 Å². The minimum Gasteiger partial charge on any atom is -0.370 e. The average molecular weight is 246 g/mol. The molecule has 0 saturated carbocycles. The molecule has 0 aliphatic carbocycles. The molecule has 1 heterocycles. The molecule has 0 bridgehead atoms. The van der Waals surface area contributed by atoms with Crippen molar-refractivity contribution in [2.24, 2.45) is 0 Å². The second-order valence-corrected chi connectivity index (χ2v) is 6.05. The maximum Gasteiger partial charge on any atom is 0.0399 e. The van der Waals surface area contributed by atoms with Crippen LogP contribution in [0.15, 0.2) is 18.2 Å². The van der Waals surface area contributed by atoms with Crippen molar-refractivity contribution in [1.29, 1.82) is 0 Å². The Morgan fingerprint density at radius 1 is 1.28 bits per heavy atom. The molecule has 2 rings (SSSR count). The number of anilines is 1. The van der Waals surface area contributed by atoms with Gasteiger partial charge in [0.15, 0.2) is 0 Å². The predicted molar refractivity (Wildman–Crippen MR) is 79.6 cm³/mol. The van der Waals surface area contributed by atoms with E-state index in [1.54, 1.807) is 0 Å². The van der Waals surface area contributed by atoms with Crippen LogP contribution in [0.25, 0.3) is 0 Å². The first-order chi connectivity index (χ1) is 8.49. The quantitative estimate of drug-likeness (QED) is 0.807. The Morgan fingerprint density at radius 3 is 2.56 bits per heavy atom. The lowest BCUT2D eigenvalue weighted by atomic mass is 10.0. The number of hydrogen-bond donors (Lipinski definition) is 0. The summed E-state index contributed by atoms with van der Waals surface area (Å²) in [4.78, 5) is 4.90. The highest BCUT2D eigenvalue weighted by Gasteiger charge is 2.25. The van der Waals surface area contributed by atoms with Crippen molar-refractivity contribution >= 4 is 5.69 Å². The van der Waals surface area contributed by atoms with E-state index in [0.717, 1.165) is 6.54 Å². The first kappa shape index (κ1) is 13.4. The molecule has 1 saturated heterocycles. The topological polar surface area (TPSA) is 6.48 Å². The number of hydrogen-bond acceptors (Lipinski definition) is 2. The van der Waals surface area contributed by atoms with Crippen LogP contribution in [0.1, 0.15) is 37.3 Å². The van der Waals surface area contributed by atoms with Gasteiger partial charge in [0.2, 0.25) is 0 Å². The van der Waals surface area contributed by atoms with Gasteiger partial charge in [-0.2, -0.15) is 0 Å². The Labute approximate surface area is 112 Å². The van der Waals surface area contributed by atoms with Crippen molar-refractivity contribution in [2.45, 2.75) is 39.2 Å². The molecule has 2 heteroatoms. The molecule has 1 aliphatic heterocycles. The predicted octanol–water partition coefficient (Wildman–Crippen LogP) is 3.26. The Balaban J connectivity index is 2.21. The Morgan fingerprint density at radius 2 is 2.00 bits per heavy atom. The smallest absolute Gasteiger partial charge is 0.0399 e. The molecule has 1 aromatic rings. The van der Waals surface area contributed by atoms with E-state index in [9.17, 15) is 0 Å². The minimum absolute atomic E-state index is 0.608. The van der Waals surface area contributed by atoms with Gasteiger partial charge >= 0.3 is 0 Å². The summed E-state index contributed by atoms with van der Waals surface area (Å²) < 4.78 is 0. The number of aryl methyl sites for hydroxylation is 1. The maximum absolute atomic E-state index is 2.55. The SMILES string of the molecule is Cc1ccc(C(C)C)cc1N1CC[C@@H](N(C)C)C1. The van der Waals surface area contributed by atoms with E-state index in [2.05, 4.69) is 62.9 Å². The monoisotopic (exact) mass is 246 g/mol. The average Bonchev–Trinajstić information content (AvgIpc) is 2.78. The molecule has 0 radical (unpaired) electrons. The summed E-state index contributed by atoms with van der Waals surface area (Å²) in [6, 6.07) is 7.63. The summed E-state index contributed by atoms with van der Waals surface area (Å²) in [6.45, 7) is 9.10. The third-order valence-corrected chi connectivity index (χ3v) is 4.13. The number of nitrogens with zero attached hydrogens (tertiary/aromatic N) is 2. The summed E-state index contributed by atoms with van der Waals surface area (Å²) in [5.41, 5.74) is 4.29. The van der Waals surface area contributed by atoms with Crippen LogP contribution in [-0.4, -0.2) is 38.1 Å². The fourth-order valence-corrected chi connectivity index (χ4v) is 2.71. The molecule has 100 valence electrons. The van der Waals surface area contributed by atoms with Crippen LogP contribution in [0.2, 0.25) is 0 Å². The van der Waals surface area contributed by atoms with E-state index >= 15 is 0 Å². The molecular weight excluding hydrogens is 220 g/mol. The lowest BCUT2D eigenvalue weighted by Gasteiger charge is -2.24. The number of rotatable bonds is 3.